The molecule has 1 unspecified atom stereocenters. The maximum Gasteiger partial charge on any atom is 0.254 e. The Kier molecular flexibility index (Phi) is 6.85. The lowest BCUT2D eigenvalue weighted by atomic mass is 9.99. The van der Waals surface area contributed by atoms with Crippen molar-refractivity contribution in [2.75, 3.05) is 6.54 Å². The summed E-state index contributed by atoms with van der Waals surface area (Å²) in [6, 6.07) is 4.10. The summed E-state index contributed by atoms with van der Waals surface area (Å²) in [6.45, 7) is 4.85. The van der Waals surface area contributed by atoms with Crippen molar-refractivity contribution in [3.63, 3.8) is 0 Å². The molecule has 1 amide bonds. The van der Waals surface area contributed by atoms with Crippen LogP contribution in [0.4, 0.5) is 4.39 Å². The highest BCUT2D eigenvalue weighted by Gasteiger charge is 2.13. The van der Waals surface area contributed by atoms with Gasteiger partial charge in [0.05, 0.1) is 5.56 Å². The zero-order valence-corrected chi connectivity index (χ0v) is 12.3. The van der Waals surface area contributed by atoms with Crippen LogP contribution in [0.1, 0.15) is 49.9 Å². The van der Waals surface area contributed by atoms with Gasteiger partial charge in [-0.25, -0.2) is 4.39 Å². The van der Waals surface area contributed by atoms with Crippen LogP contribution in [0, 0.1) is 11.7 Å². The van der Waals surface area contributed by atoms with Gasteiger partial charge < -0.3 is 5.32 Å². The van der Waals surface area contributed by atoms with E-state index >= 15 is 0 Å². The third-order valence-corrected chi connectivity index (χ3v) is 3.51. The molecule has 1 atom stereocenters. The first-order chi connectivity index (χ1) is 9.08. The highest BCUT2D eigenvalue weighted by atomic mass is 35.5. The summed E-state index contributed by atoms with van der Waals surface area (Å²) in [6.07, 6.45) is 4.42. The summed E-state index contributed by atoms with van der Waals surface area (Å²) in [5, 5.41) is 3.09. The number of carbonyl (C=O) groups is 1. The lowest BCUT2D eigenvalue weighted by Gasteiger charge is -2.15. The molecule has 1 aromatic carbocycles. The average molecular weight is 286 g/mol. The zero-order chi connectivity index (χ0) is 14.3. The second-order valence-corrected chi connectivity index (χ2v) is 5.19. The third-order valence-electron chi connectivity index (χ3n) is 3.27. The van der Waals surface area contributed by atoms with E-state index in [1.165, 1.54) is 12.1 Å². The fourth-order valence-corrected chi connectivity index (χ4v) is 2.11. The van der Waals surface area contributed by atoms with Crippen LogP contribution in [0.15, 0.2) is 18.2 Å². The van der Waals surface area contributed by atoms with E-state index < -0.39 is 5.82 Å². The molecule has 0 aliphatic rings. The fraction of sp³-hybridized carbons (Fsp3) is 0.533. The topological polar surface area (TPSA) is 29.1 Å². The van der Waals surface area contributed by atoms with Gasteiger partial charge in [-0.1, -0.05) is 44.7 Å². The van der Waals surface area contributed by atoms with E-state index in [1.54, 1.807) is 0 Å². The predicted molar refractivity (Wildman–Crippen MR) is 77.0 cm³/mol. The van der Waals surface area contributed by atoms with Crippen LogP contribution in [0.25, 0.3) is 0 Å². The van der Waals surface area contributed by atoms with Gasteiger partial charge in [-0.15, -0.1) is 0 Å². The zero-order valence-electron chi connectivity index (χ0n) is 11.5. The van der Waals surface area contributed by atoms with Gasteiger partial charge in [0.1, 0.15) is 5.82 Å². The van der Waals surface area contributed by atoms with Crippen molar-refractivity contribution in [3.05, 3.63) is 34.6 Å². The first kappa shape index (κ1) is 16.0. The summed E-state index contributed by atoms with van der Waals surface area (Å²) >= 11 is 5.66. The number of hydrogen-bond acceptors (Lipinski definition) is 1. The van der Waals surface area contributed by atoms with Crippen molar-refractivity contribution in [3.8, 4) is 0 Å². The maximum atomic E-state index is 13.6. The summed E-state index contributed by atoms with van der Waals surface area (Å²) in [5.74, 6) is -0.491. The Morgan fingerprint density at radius 1 is 1.42 bits per heavy atom. The third kappa shape index (κ3) is 5.19. The van der Waals surface area contributed by atoms with Crippen LogP contribution in [0.2, 0.25) is 5.02 Å². The van der Waals surface area contributed by atoms with Gasteiger partial charge in [0.15, 0.2) is 0 Å². The monoisotopic (exact) mass is 285 g/mol. The second kappa shape index (κ2) is 8.16. The van der Waals surface area contributed by atoms with Gasteiger partial charge in [-0.3, -0.25) is 4.79 Å². The molecule has 1 rings (SSSR count). The van der Waals surface area contributed by atoms with Crippen molar-refractivity contribution in [1.29, 1.82) is 0 Å². The number of hydrogen-bond donors (Lipinski definition) is 1. The molecular formula is C15H21ClFNO. The molecule has 2 nitrogen and oxygen atoms in total. The van der Waals surface area contributed by atoms with Crippen molar-refractivity contribution in [2.24, 2.45) is 5.92 Å². The normalized spacial score (nSPS) is 12.2. The molecule has 0 aliphatic carbocycles. The molecule has 106 valence electrons. The number of unbranched alkanes of at least 4 members (excludes halogenated alkanes) is 1. The first-order valence-electron chi connectivity index (χ1n) is 6.81. The summed E-state index contributed by atoms with van der Waals surface area (Å²) in [4.78, 5) is 11.9. The molecule has 0 saturated heterocycles. The van der Waals surface area contributed by atoms with Crippen LogP contribution in [0.3, 0.4) is 0 Å². The van der Waals surface area contributed by atoms with Gasteiger partial charge in [0.25, 0.3) is 5.91 Å². The molecule has 0 aromatic heterocycles. The van der Waals surface area contributed by atoms with E-state index in [0.717, 1.165) is 31.7 Å². The Morgan fingerprint density at radius 3 is 2.74 bits per heavy atom. The lowest BCUT2D eigenvalue weighted by molar-refractivity contribution is 0.0942. The molecule has 0 fully saturated rings. The van der Waals surface area contributed by atoms with Gasteiger partial charge in [-0.05, 0) is 30.5 Å². The van der Waals surface area contributed by atoms with Gasteiger partial charge in [-0.2, -0.15) is 0 Å². The van der Waals surface area contributed by atoms with E-state index in [2.05, 4.69) is 19.2 Å². The van der Waals surface area contributed by atoms with Crippen LogP contribution in [0.5, 0.6) is 0 Å². The SMILES string of the molecule is CCCCC(CC)CNC(=O)c1ccc(Cl)cc1F. The predicted octanol–water partition coefficient (Wildman–Crippen LogP) is 4.43. The molecule has 19 heavy (non-hydrogen) atoms. The van der Waals surface area contributed by atoms with Crippen LogP contribution in [-0.2, 0) is 0 Å². The Bertz CT molecular complexity index is 423. The minimum absolute atomic E-state index is 0.0507. The Hall–Kier alpha value is -1.09. The first-order valence-corrected chi connectivity index (χ1v) is 7.19. The number of benzene rings is 1. The summed E-state index contributed by atoms with van der Waals surface area (Å²) < 4.78 is 13.6. The van der Waals surface area contributed by atoms with E-state index in [1.807, 2.05) is 0 Å². The molecule has 0 bridgehead atoms. The largest absolute Gasteiger partial charge is 0.352 e. The minimum atomic E-state index is -0.577. The van der Waals surface area contributed by atoms with Gasteiger partial charge in [0.2, 0.25) is 0 Å². The van der Waals surface area contributed by atoms with Crippen molar-refractivity contribution in [2.45, 2.75) is 39.5 Å². The maximum absolute atomic E-state index is 13.6. The van der Waals surface area contributed by atoms with E-state index in [-0.39, 0.29) is 11.5 Å². The fourth-order valence-electron chi connectivity index (χ4n) is 1.95. The highest BCUT2D eigenvalue weighted by Crippen LogP contribution is 2.15. The number of rotatable bonds is 7. The Morgan fingerprint density at radius 2 is 2.16 bits per heavy atom. The lowest BCUT2D eigenvalue weighted by Crippen LogP contribution is -2.29. The number of nitrogens with one attached hydrogen (secondary N) is 1. The van der Waals surface area contributed by atoms with Crippen molar-refractivity contribution in [1.82, 2.24) is 5.32 Å². The highest BCUT2D eigenvalue weighted by molar-refractivity contribution is 6.30. The van der Waals surface area contributed by atoms with Crippen LogP contribution in [-0.4, -0.2) is 12.5 Å². The standard InChI is InChI=1S/C15H21ClFNO/c1-3-5-6-11(4-2)10-18-15(19)13-8-7-12(16)9-14(13)17/h7-9,11H,3-6,10H2,1-2H3,(H,18,19). The molecule has 0 aliphatic heterocycles. The van der Waals surface area contributed by atoms with E-state index in [0.29, 0.717) is 17.5 Å². The van der Waals surface area contributed by atoms with Crippen molar-refractivity contribution >= 4 is 17.5 Å². The molecule has 0 saturated carbocycles. The van der Waals surface area contributed by atoms with Crippen LogP contribution < -0.4 is 5.32 Å². The van der Waals surface area contributed by atoms with E-state index in [9.17, 15) is 9.18 Å². The molecule has 0 heterocycles. The quantitative estimate of drug-likeness (QED) is 0.789. The van der Waals surface area contributed by atoms with E-state index in [4.69, 9.17) is 11.6 Å². The molecule has 1 N–H and O–H groups in total. The van der Waals surface area contributed by atoms with Crippen LogP contribution >= 0.6 is 11.6 Å². The summed E-state index contributed by atoms with van der Waals surface area (Å²) in [5.41, 5.74) is 0.0507. The minimum Gasteiger partial charge on any atom is -0.352 e. The second-order valence-electron chi connectivity index (χ2n) is 4.75. The van der Waals surface area contributed by atoms with Gasteiger partial charge >= 0.3 is 0 Å². The molecular weight excluding hydrogens is 265 g/mol. The number of halogens is 2. The molecule has 0 spiro atoms. The number of amides is 1. The number of carbonyl (C=O) groups excluding carboxylic acids is 1. The Balaban J connectivity index is 2.54. The average Bonchev–Trinajstić information content (AvgIpc) is 2.38. The Labute approximate surface area is 119 Å². The summed E-state index contributed by atoms with van der Waals surface area (Å²) in [7, 11) is 0. The van der Waals surface area contributed by atoms with Crippen molar-refractivity contribution < 1.29 is 9.18 Å². The smallest absolute Gasteiger partial charge is 0.254 e. The molecule has 0 radical (unpaired) electrons. The van der Waals surface area contributed by atoms with Gasteiger partial charge in [0, 0.05) is 11.6 Å². The molecule has 1 aromatic rings. The molecule has 4 heteroatoms.